The van der Waals surface area contributed by atoms with Gasteiger partial charge < -0.3 is 5.32 Å². The highest BCUT2D eigenvalue weighted by Gasteiger charge is 2.50. The Morgan fingerprint density at radius 2 is 2.23 bits per heavy atom. The summed E-state index contributed by atoms with van der Waals surface area (Å²) in [5.74, 6) is -1.02. The van der Waals surface area contributed by atoms with Crippen LogP contribution in [0, 0.1) is 5.82 Å². The van der Waals surface area contributed by atoms with Gasteiger partial charge in [0.15, 0.2) is 0 Å². The van der Waals surface area contributed by atoms with E-state index >= 15 is 0 Å². The van der Waals surface area contributed by atoms with Crippen molar-refractivity contribution in [3.8, 4) is 0 Å². The van der Waals surface area contributed by atoms with Crippen LogP contribution in [0.5, 0.6) is 0 Å². The number of amides is 1. The average Bonchev–Trinajstić information content (AvgIpc) is 2.43. The van der Waals surface area contributed by atoms with E-state index in [2.05, 4.69) is 10.2 Å². The molecule has 1 spiro atoms. The second-order valence-corrected chi connectivity index (χ2v) is 6.78. The van der Waals surface area contributed by atoms with Crippen molar-refractivity contribution in [1.29, 1.82) is 0 Å². The first kappa shape index (κ1) is 14.1. The molecule has 2 aliphatic heterocycles. The number of benzene rings is 1. The van der Waals surface area contributed by atoms with Crippen molar-refractivity contribution in [3.05, 3.63) is 34.6 Å². The smallest absolute Gasteiger partial charge is 0.274 e. The second kappa shape index (κ2) is 5.01. The zero-order valence-corrected chi connectivity index (χ0v) is 12.4. The van der Waals surface area contributed by atoms with E-state index in [-0.39, 0.29) is 11.4 Å². The molecule has 4 rings (SSSR count). The predicted octanol–water partition coefficient (Wildman–Crippen LogP) is 1.20. The molecule has 1 amide bonds. The third-order valence-electron chi connectivity index (χ3n) is 5.55. The number of halogens is 1. The lowest BCUT2D eigenvalue weighted by Crippen LogP contribution is -2.69. The molecule has 1 aromatic rings. The third-order valence-corrected chi connectivity index (χ3v) is 5.55. The molecule has 1 aromatic carbocycles. The maximum absolute atomic E-state index is 14.3. The summed E-state index contributed by atoms with van der Waals surface area (Å²) in [6.45, 7) is 2.64. The molecule has 2 heterocycles. The van der Waals surface area contributed by atoms with Crippen molar-refractivity contribution in [2.75, 3.05) is 13.1 Å². The molecule has 1 saturated heterocycles. The lowest BCUT2D eigenvalue weighted by molar-refractivity contribution is -0.0116. The van der Waals surface area contributed by atoms with E-state index in [1.807, 2.05) is 0 Å². The van der Waals surface area contributed by atoms with E-state index in [1.54, 1.807) is 11.5 Å². The SMILES string of the molecule is O=C(NO)c1cc(F)c2c(c1)CCN(C1CC3(CCN3)C1)C2. The molecule has 3 aliphatic rings. The number of nitrogens with one attached hydrogen (secondary N) is 2. The molecule has 6 heteroatoms. The van der Waals surface area contributed by atoms with E-state index in [1.165, 1.54) is 12.5 Å². The van der Waals surface area contributed by atoms with Gasteiger partial charge in [0.05, 0.1) is 0 Å². The van der Waals surface area contributed by atoms with Crippen LogP contribution in [0.2, 0.25) is 0 Å². The maximum atomic E-state index is 14.3. The van der Waals surface area contributed by atoms with Gasteiger partial charge in [-0.05, 0) is 49.9 Å². The summed E-state index contributed by atoms with van der Waals surface area (Å²) in [4.78, 5) is 13.8. The molecule has 0 unspecified atom stereocenters. The Bertz CT molecular complexity index is 622. The molecule has 118 valence electrons. The number of rotatable bonds is 2. The van der Waals surface area contributed by atoms with Gasteiger partial charge in [0.25, 0.3) is 5.91 Å². The van der Waals surface area contributed by atoms with Crippen LogP contribution in [0.1, 0.15) is 40.7 Å². The molecular formula is C16H20FN3O2. The third kappa shape index (κ3) is 2.14. The van der Waals surface area contributed by atoms with E-state index in [0.717, 1.165) is 37.9 Å². The largest absolute Gasteiger partial charge is 0.311 e. The monoisotopic (exact) mass is 305 g/mol. The van der Waals surface area contributed by atoms with Crippen LogP contribution in [-0.2, 0) is 13.0 Å². The Morgan fingerprint density at radius 1 is 1.45 bits per heavy atom. The topological polar surface area (TPSA) is 64.6 Å². The summed E-state index contributed by atoms with van der Waals surface area (Å²) < 4.78 is 14.3. The van der Waals surface area contributed by atoms with Crippen molar-refractivity contribution < 1.29 is 14.4 Å². The van der Waals surface area contributed by atoms with Crippen molar-refractivity contribution >= 4 is 5.91 Å². The molecular weight excluding hydrogens is 285 g/mol. The van der Waals surface area contributed by atoms with E-state index in [9.17, 15) is 9.18 Å². The predicted molar refractivity (Wildman–Crippen MR) is 78.1 cm³/mol. The van der Waals surface area contributed by atoms with E-state index < -0.39 is 5.91 Å². The zero-order valence-electron chi connectivity index (χ0n) is 12.4. The van der Waals surface area contributed by atoms with E-state index in [0.29, 0.717) is 23.7 Å². The fourth-order valence-electron chi connectivity index (χ4n) is 4.07. The van der Waals surface area contributed by atoms with Crippen LogP contribution < -0.4 is 10.8 Å². The minimum atomic E-state index is -0.666. The second-order valence-electron chi connectivity index (χ2n) is 6.78. The van der Waals surface area contributed by atoms with Gasteiger partial charge in [-0.25, -0.2) is 9.87 Å². The van der Waals surface area contributed by atoms with Crippen molar-refractivity contribution in [2.24, 2.45) is 0 Å². The summed E-state index contributed by atoms with van der Waals surface area (Å²) in [7, 11) is 0. The minimum Gasteiger partial charge on any atom is -0.311 e. The molecule has 3 N–H and O–H groups in total. The molecule has 5 nitrogen and oxygen atoms in total. The molecule has 0 aromatic heterocycles. The molecule has 0 bridgehead atoms. The summed E-state index contributed by atoms with van der Waals surface area (Å²) in [5.41, 5.74) is 3.69. The first-order valence-electron chi connectivity index (χ1n) is 7.85. The highest BCUT2D eigenvalue weighted by Crippen LogP contribution is 2.43. The fraction of sp³-hybridized carbons (Fsp3) is 0.562. The number of hydrogen-bond donors (Lipinski definition) is 3. The molecule has 1 aliphatic carbocycles. The standard InChI is InChI=1S/C16H20FN3O2/c17-14-6-11(15(21)19-22)5-10-1-4-20(9-13(10)14)12-7-16(8-12)2-3-18-16/h5-6,12,18,22H,1-4,7-9H2,(H,19,21). The fourth-order valence-corrected chi connectivity index (χ4v) is 4.07. The van der Waals surface area contributed by atoms with Crippen molar-refractivity contribution in [3.63, 3.8) is 0 Å². The van der Waals surface area contributed by atoms with Gasteiger partial charge in [-0.2, -0.15) is 0 Å². The Balaban J connectivity index is 1.50. The van der Waals surface area contributed by atoms with Gasteiger partial charge in [0.1, 0.15) is 5.82 Å². The molecule has 2 fully saturated rings. The zero-order chi connectivity index (χ0) is 15.3. The van der Waals surface area contributed by atoms with Gasteiger partial charge in [0.2, 0.25) is 0 Å². The molecule has 22 heavy (non-hydrogen) atoms. The van der Waals surface area contributed by atoms with E-state index in [4.69, 9.17) is 5.21 Å². The normalized spacial score (nSPS) is 30.4. The van der Waals surface area contributed by atoms with Gasteiger partial charge in [0, 0.05) is 35.8 Å². The van der Waals surface area contributed by atoms with Crippen LogP contribution in [0.4, 0.5) is 4.39 Å². The first-order chi connectivity index (χ1) is 10.6. The molecule has 0 atom stereocenters. The van der Waals surface area contributed by atoms with Crippen LogP contribution in [0.3, 0.4) is 0 Å². The van der Waals surface area contributed by atoms with Crippen molar-refractivity contribution in [2.45, 2.75) is 43.8 Å². The van der Waals surface area contributed by atoms with Gasteiger partial charge in [-0.1, -0.05) is 0 Å². The van der Waals surface area contributed by atoms with Crippen LogP contribution >= 0.6 is 0 Å². The van der Waals surface area contributed by atoms with Crippen LogP contribution in [0.15, 0.2) is 12.1 Å². The summed E-state index contributed by atoms with van der Waals surface area (Å²) in [5, 5.41) is 12.2. The number of fused-ring (bicyclic) bond motifs is 1. The summed E-state index contributed by atoms with van der Waals surface area (Å²) in [6, 6.07) is 3.45. The number of hydrogen-bond acceptors (Lipinski definition) is 4. The Labute approximate surface area is 128 Å². The lowest BCUT2D eigenvalue weighted by Gasteiger charge is -2.58. The summed E-state index contributed by atoms with van der Waals surface area (Å²) in [6.07, 6.45) is 4.33. The summed E-state index contributed by atoms with van der Waals surface area (Å²) >= 11 is 0. The number of carbonyl (C=O) groups excluding carboxylic acids is 1. The number of hydroxylamine groups is 1. The molecule has 0 radical (unpaired) electrons. The Hall–Kier alpha value is -1.50. The van der Waals surface area contributed by atoms with Crippen LogP contribution in [0.25, 0.3) is 0 Å². The number of carbonyl (C=O) groups is 1. The lowest BCUT2D eigenvalue weighted by atomic mass is 9.65. The highest BCUT2D eigenvalue weighted by atomic mass is 19.1. The number of nitrogens with zero attached hydrogens (tertiary/aromatic N) is 1. The first-order valence-corrected chi connectivity index (χ1v) is 7.85. The van der Waals surface area contributed by atoms with Gasteiger partial charge >= 0.3 is 0 Å². The van der Waals surface area contributed by atoms with Crippen LogP contribution in [-0.4, -0.2) is 40.7 Å². The van der Waals surface area contributed by atoms with Gasteiger partial charge in [-0.3, -0.25) is 14.9 Å². The highest BCUT2D eigenvalue weighted by molar-refractivity contribution is 5.93. The van der Waals surface area contributed by atoms with Gasteiger partial charge in [-0.15, -0.1) is 0 Å². The minimum absolute atomic E-state index is 0.175. The Morgan fingerprint density at radius 3 is 2.86 bits per heavy atom. The molecule has 1 saturated carbocycles. The maximum Gasteiger partial charge on any atom is 0.274 e. The Kier molecular flexibility index (Phi) is 3.21. The quantitative estimate of drug-likeness (QED) is 0.567. The average molecular weight is 305 g/mol. The van der Waals surface area contributed by atoms with Crippen molar-refractivity contribution in [1.82, 2.24) is 15.7 Å².